The summed E-state index contributed by atoms with van der Waals surface area (Å²) in [7, 11) is 5.52. The van der Waals surface area contributed by atoms with E-state index in [2.05, 4.69) is 17.0 Å². The summed E-state index contributed by atoms with van der Waals surface area (Å²) in [5.41, 5.74) is 2.41. The highest BCUT2D eigenvalue weighted by atomic mass is 16.5. The lowest BCUT2D eigenvalue weighted by Gasteiger charge is -2.12. The second-order valence-corrected chi connectivity index (χ2v) is 6.14. The van der Waals surface area contributed by atoms with Gasteiger partial charge in [0.2, 0.25) is 0 Å². The van der Waals surface area contributed by atoms with Gasteiger partial charge in [0.1, 0.15) is 23.7 Å². The molecular formula is C20H25NO4. The van der Waals surface area contributed by atoms with Crippen molar-refractivity contribution in [3.05, 3.63) is 59.2 Å². The van der Waals surface area contributed by atoms with Crippen LogP contribution in [-0.4, -0.2) is 50.3 Å². The van der Waals surface area contributed by atoms with E-state index in [4.69, 9.17) is 14.6 Å². The van der Waals surface area contributed by atoms with E-state index >= 15 is 0 Å². The lowest BCUT2D eigenvalue weighted by Crippen LogP contribution is -2.19. The van der Waals surface area contributed by atoms with Gasteiger partial charge < -0.3 is 19.5 Å². The highest BCUT2D eigenvalue weighted by molar-refractivity contribution is 5.90. The number of carbonyl (C=O) groups is 1. The first-order valence-electron chi connectivity index (χ1n) is 8.26. The summed E-state index contributed by atoms with van der Waals surface area (Å²) in [6.07, 6.45) is 1.65. The molecule has 0 bridgehead atoms. The second-order valence-electron chi connectivity index (χ2n) is 6.14. The molecule has 2 aromatic rings. The number of nitrogens with zero attached hydrogens (tertiary/aromatic N) is 1. The third-order valence-electron chi connectivity index (χ3n) is 3.90. The number of aryl methyl sites for hydroxylation is 2. The van der Waals surface area contributed by atoms with Crippen LogP contribution in [0.1, 0.15) is 21.5 Å². The van der Waals surface area contributed by atoms with E-state index in [1.165, 1.54) is 12.7 Å². The first kappa shape index (κ1) is 18.8. The SMILES string of the molecule is COc1cc(CCc2cccc(OCCN(C)C)c2)ccc1C(=O)O. The van der Waals surface area contributed by atoms with Crippen LogP contribution in [-0.2, 0) is 12.8 Å². The van der Waals surface area contributed by atoms with E-state index in [9.17, 15) is 4.79 Å². The van der Waals surface area contributed by atoms with Crippen LogP contribution >= 0.6 is 0 Å². The van der Waals surface area contributed by atoms with Gasteiger partial charge in [-0.1, -0.05) is 18.2 Å². The predicted molar refractivity (Wildman–Crippen MR) is 97.9 cm³/mol. The van der Waals surface area contributed by atoms with Gasteiger partial charge in [-0.3, -0.25) is 0 Å². The molecule has 5 nitrogen and oxygen atoms in total. The summed E-state index contributed by atoms with van der Waals surface area (Å²) in [5, 5.41) is 9.13. The average molecular weight is 343 g/mol. The molecular weight excluding hydrogens is 318 g/mol. The fourth-order valence-corrected chi connectivity index (χ4v) is 2.49. The Labute approximate surface area is 148 Å². The number of benzene rings is 2. The Kier molecular flexibility index (Phi) is 6.83. The minimum absolute atomic E-state index is 0.183. The zero-order valence-electron chi connectivity index (χ0n) is 15.0. The van der Waals surface area contributed by atoms with Crippen LogP contribution in [0.3, 0.4) is 0 Å². The van der Waals surface area contributed by atoms with Crippen molar-refractivity contribution in [3.8, 4) is 11.5 Å². The van der Waals surface area contributed by atoms with Crippen molar-refractivity contribution in [2.24, 2.45) is 0 Å². The van der Waals surface area contributed by atoms with Crippen LogP contribution in [0.15, 0.2) is 42.5 Å². The fraction of sp³-hybridized carbons (Fsp3) is 0.350. The van der Waals surface area contributed by atoms with Crippen molar-refractivity contribution < 1.29 is 19.4 Å². The van der Waals surface area contributed by atoms with E-state index in [0.29, 0.717) is 12.4 Å². The Hall–Kier alpha value is -2.53. The van der Waals surface area contributed by atoms with E-state index in [-0.39, 0.29) is 5.56 Å². The summed E-state index contributed by atoms with van der Waals surface area (Å²) in [6.45, 7) is 1.53. The monoisotopic (exact) mass is 343 g/mol. The van der Waals surface area contributed by atoms with E-state index in [0.717, 1.165) is 30.7 Å². The molecule has 0 aromatic heterocycles. The number of rotatable bonds is 9. The van der Waals surface area contributed by atoms with Gasteiger partial charge in [-0.15, -0.1) is 0 Å². The molecule has 0 radical (unpaired) electrons. The lowest BCUT2D eigenvalue weighted by atomic mass is 10.0. The number of aromatic carboxylic acids is 1. The minimum Gasteiger partial charge on any atom is -0.496 e. The van der Waals surface area contributed by atoms with Gasteiger partial charge in [0.15, 0.2) is 0 Å². The van der Waals surface area contributed by atoms with Gasteiger partial charge in [0.05, 0.1) is 7.11 Å². The van der Waals surface area contributed by atoms with Crippen molar-refractivity contribution in [1.82, 2.24) is 4.90 Å². The van der Waals surface area contributed by atoms with E-state index in [1.54, 1.807) is 12.1 Å². The zero-order chi connectivity index (χ0) is 18.2. The van der Waals surface area contributed by atoms with Gasteiger partial charge in [-0.05, 0) is 62.3 Å². The number of ether oxygens (including phenoxy) is 2. The molecule has 0 aliphatic rings. The maximum Gasteiger partial charge on any atom is 0.339 e. The Morgan fingerprint density at radius 3 is 2.44 bits per heavy atom. The van der Waals surface area contributed by atoms with Crippen LogP contribution in [0.25, 0.3) is 0 Å². The number of carboxylic acids is 1. The van der Waals surface area contributed by atoms with Gasteiger partial charge >= 0.3 is 5.97 Å². The molecule has 0 spiro atoms. The first-order valence-corrected chi connectivity index (χ1v) is 8.26. The van der Waals surface area contributed by atoms with Crippen LogP contribution in [0, 0.1) is 0 Å². The van der Waals surface area contributed by atoms with Crippen LogP contribution in [0.5, 0.6) is 11.5 Å². The highest BCUT2D eigenvalue weighted by Crippen LogP contribution is 2.22. The molecule has 2 rings (SSSR count). The summed E-state index contributed by atoms with van der Waals surface area (Å²) in [6, 6.07) is 13.3. The zero-order valence-corrected chi connectivity index (χ0v) is 15.0. The third-order valence-corrected chi connectivity index (χ3v) is 3.90. The second kappa shape index (κ2) is 9.08. The number of hydrogen-bond donors (Lipinski definition) is 1. The number of carboxylic acid groups (broad SMARTS) is 1. The largest absolute Gasteiger partial charge is 0.496 e. The van der Waals surface area contributed by atoms with E-state index < -0.39 is 5.97 Å². The standard InChI is InChI=1S/C20H25NO4/c1-21(2)11-12-25-17-6-4-5-15(13-17)7-8-16-9-10-18(20(22)23)19(14-16)24-3/h4-6,9-10,13-14H,7-8,11-12H2,1-3H3,(H,22,23). The van der Waals surface area contributed by atoms with Crippen LogP contribution < -0.4 is 9.47 Å². The number of hydrogen-bond acceptors (Lipinski definition) is 4. The number of methoxy groups -OCH3 is 1. The van der Waals surface area contributed by atoms with Gasteiger partial charge in [-0.25, -0.2) is 4.79 Å². The lowest BCUT2D eigenvalue weighted by molar-refractivity contribution is 0.0693. The van der Waals surface area contributed by atoms with Crippen LogP contribution in [0.2, 0.25) is 0 Å². The molecule has 0 atom stereocenters. The van der Waals surface area contributed by atoms with Crippen molar-refractivity contribution in [3.63, 3.8) is 0 Å². The summed E-state index contributed by atoms with van der Waals surface area (Å²) in [4.78, 5) is 13.2. The highest BCUT2D eigenvalue weighted by Gasteiger charge is 2.11. The molecule has 0 unspecified atom stereocenters. The molecule has 0 fully saturated rings. The Bertz CT molecular complexity index is 713. The molecule has 1 N–H and O–H groups in total. The molecule has 5 heteroatoms. The molecule has 0 aliphatic carbocycles. The van der Waals surface area contributed by atoms with Crippen molar-refractivity contribution in [2.45, 2.75) is 12.8 Å². The summed E-state index contributed by atoms with van der Waals surface area (Å²) in [5.74, 6) is 0.287. The van der Waals surface area contributed by atoms with Gasteiger partial charge in [0, 0.05) is 6.54 Å². The molecule has 134 valence electrons. The minimum atomic E-state index is -0.981. The molecule has 0 amide bonds. The Morgan fingerprint density at radius 2 is 1.80 bits per heavy atom. The fourth-order valence-electron chi connectivity index (χ4n) is 2.49. The van der Waals surface area contributed by atoms with Crippen molar-refractivity contribution in [2.75, 3.05) is 34.4 Å². The Morgan fingerprint density at radius 1 is 1.08 bits per heavy atom. The number of likely N-dealkylation sites (N-methyl/N-ethyl adjacent to an activating group) is 1. The summed E-state index contributed by atoms with van der Waals surface area (Å²) < 4.78 is 10.9. The van der Waals surface area contributed by atoms with Crippen LogP contribution in [0.4, 0.5) is 0 Å². The summed E-state index contributed by atoms with van der Waals surface area (Å²) >= 11 is 0. The van der Waals surface area contributed by atoms with Gasteiger partial charge in [0.25, 0.3) is 0 Å². The topological polar surface area (TPSA) is 59.0 Å². The maximum absolute atomic E-state index is 11.1. The molecule has 2 aromatic carbocycles. The molecule has 0 saturated carbocycles. The maximum atomic E-state index is 11.1. The molecule has 0 heterocycles. The third kappa shape index (κ3) is 5.80. The first-order chi connectivity index (χ1) is 12.0. The van der Waals surface area contributed by atoms with Crippen molar-refractivity contribution >= 4 is 5.97 Å². The predicted octanol–water partition coefficient (Wildman–Crippen LogP) is 3.12. The smallest absolute Gasteiger partial charge is 0.339 e. The molecule has 25 heavy (non-hydrogen) atoms. The van der Waals surface area contributed by atoms with Crippen molar-refractivity contribution in [1.29, 1.82) is 0 Å². The van der Waals surface area contributed by atoms with Gasteiger partial charge in [-0.2, -0.15) is 0 Å². The Balaban J connectivity index is 1.98. The molecule has 0 saturated heterocycles. The average Bonchev–Trinajstić information content (AvgIpc) is 2.59. The quantitative estimate of drug-likeness (QED) is 0.758. The molecule has 0 aliphatic heterocycles. The normalized spacial score (nSPS) is 10.7. The van der Waals surface area contributed by atoms with E-state index in [1.807, 2.05) is 32.3 Å².